The van der Waals surface area contributed by atoms with Crippen LogP contribution in [0.5, 0.6) is 0 Å². The van der Waals surface area contributed by atoms with E-state index in [1.54, 1.807) is 24.3 Å². The average Bonchev–Trinajstić information content (AvgIpc) is 3.42. The van der Waals surface area contributed by atoms with Crippen molar-refractivity contribution in [2.45, 2.75) is 0 Å². The van der Waals surface area contributed by atoms with Crippen molar-refractivity contribution >= 4 is 34.9 Å². The number of H-pyrrole nitrogens is 1. The molecule has 0 aliphatic carbocycles. The molecule has 0 radical (unpaired) electrons. The van der Waals surface area contributed by atoms with Crippen molar-refractivity contribution in [2.24, 2.45) is 0 Å². The molecule has 1 saturated heterocycles. The Hall–Kier alpha value is -3.94. The molecule has 0 bridgehead atoms. The van der Waals surface area contributed by atoms with Gasteiger partial charge in [0.1, 0.15) is 22.3 Å². The topological polar surface area (TPSA) is 137 Å². The zero-order chi connectivity index (χ0) is 22.7. The number of hydrogen-bond donors (Lipinski definition) is 2. The molecule has 4 rings (SSSR count). The van der Waals surface area contributed by atoms with Gasteiger partial charge in [-0.2, -0.15) is 5.26 Å². The zero-order valence-corrected chi connectivity index (χ0v) is 17.5. The van der Waals surface area contributed by atoms with Crippen LogP contribution in [0.3, 0.4) is 0 Å². The molecule has 0 unspecified atom stereocenters. The van der Waals surface area contributed by atoms with Crippen molar-refractivity contribution in [1.82, 2.24) is 9.88 Å². The fourth-order valence-corrected chi connectivity index (χ4v) is 4.08. The van der Waals surface area contributed by atoms with Crippen LogP contribution in [0, 0.1) is 11.3 Å². The lowest BCUT2D eigenvalue weighted by Gasteiger charge is -2.26. The molecule has 10 heteroatoms. The Morgan fingerprint density at radius 3 is 2.53 bits per heavy atom. The number of aromatic amines is 1. The third kappa shape index (κ3) is 4.39. The van der Waals surface area contributed by atoms with Gasteiger partial charge in [0.05, 0.1) is 23.3 Å². The van der Waals surface area contributed by atoms with Crippen molar-refractivity contribution in [3.63, 3.8) is 0 Å². The number of carboxylic acids is 1. The van der Waals surface area contributed by atoms with E-state index >= 15 is 0 Å². The summed E-state index contributed by atoms with van der Waals surface area (Å²) >= 11 is 1.00. The molecule has 162 valence electrons. The maximum absolute atomic E-state index is 12.7. The van der Waals surface area contributed by atoms with Gasteiger partial charge in [-0.15, -0.1) is 11.3 Å². The minimum Gasteiger partial charge on any atom is -0.478 e. The number of thiazole rings is 1. The Morgan fingerprint density at radius 1 is 1.16 bits per heavy atom. The highest BCUT2D eigenvalue weighted by atomic mass is 32.1. The Kier molecular flexibility index (Phi) is 6.02. The largest absolute Gasteiger partial charge is 0.478 e. The molecule has 3 aromatic rings. The molecule has 1 fully saturated rings. The van der Waals surface area contributed by atoms with Crippen LogP contribution in [0.25, 0.3) is 23.0 Å². The number of hydrogen-bond acceptors (Lipinski definition) is 7. The summed E-state index contributed by atoms with van der Waals surface area (Å²) in [5.74, 6) is -0.546. The number of morpholine rings is 1. The first kappa shape index (κ1) is 21.3. The van der Waals surface area contributed by atoms with E-state index in [1.807, 2.05) is 6.07 Å². The van der Waals surface area contributed by atoms with Crippen LogP contribution in [-0.2, 0) is 9.53 Å². The Labute approximate surface area is 185 Å². The smallest absolute Gasteiger partial charge is 0.335 e. The van der Waals surface area contributed by atoms with Crippen LogP contribution in [0.15, 0.2) is 45.6 Å². The predicted molar refractivity (Wildman–Crippen MR) is 115 cm³/mol. The Balaban J connectivity index is 1.65. The number of carbonyl (C=O) groups excluding carboxylic acids is 1. The SMILES string of the molecule is N#C/C(C(=O)N1CCOCC1)=c1\[nH]c(=O)/c(=C\c2ccc(-c3ccc(C(=O)O)cc3)o2)s1. The summed E-state index contributed by atoms with van der Waals surface area (Å²) in [5.41, 5.74) is 0.302. The predicted octanol–water partition coefficient (Wildman–Crippen LogP) is 0.756. The van der Waals surface area contributed by atoms with E-state index in [2.05, 4.69) is 4.98 Å². The monoisotopic (exact) mass is 451 g/mol. The Bertz CT molecular complexity index is 1380. The molecule has 32 heavy (non-hydrogen) atoms. The van der Waals surface area contributed by atoms with E-state index in [-0.39, 0.29) is 20.3 Å². The molecular formula is C22H17N3O6S. The van der Waals surface area contributed by atoms with Gasteiger partial charge >= 0.3 is 5.97 Å². The van der Waals surface area contributed by atoms with Gasteiger partial charge in [-0.1, -0.05) is 12.1 Å². The second kappa shape index (κ2) is 9.05. The van der Waals surface area contributed by atoms with Crippen molar-refractivity contribution < 1.29 is 23.8 Å². The number of ether oxygens (including phenoxy) is 1. The molecule has 9 nitrogen and oxygen atoms in total. The molecule has 3 heterocycles. The van der Waals surface area contributed by atoms with Crippen molar-refractivity contribution in [1.29, 1.82) is 5.26 Å². The lowest BCUT2D eigenvalue weighted by Crippen LogP contribution is -2.42. The number of rotatable bonds is 4. The quantitative estimate of drug-likeness (QED) is 0.597. The van der Waals surface area contributed by atoms with E-state index < -0.39 is 17.4 Å². The summed E-state index contributed by atoms with van der Waals surface area (Å²) in [4.78, 5) is 40.2. The summed E-state index contributed by atoms with van der Waals surface area (Å²) in [6, 6.07) is 11.5. The number of aromatic carboxylic acids is 1. The Morgan fingerprint density at radius 2 is 1.88 bits per heavy atom. The molecule has 2 aromatic heterocycles. The van der Waals surface area contributed by atoms with E-state index in [0.29, 0.717) is 43.4 Å². The van der Waals surface area contributed by atoms with Crippen LogP contribution in [0.2, 0.25) is 0 Å². The molecule has 2 N–H and O–H groups in total. The van der Waals surface area contributed by atoms with Gasteiger partial charge in [-0.3, -0.25) is 9.59 Å². The standard InChI is InChI=1S/C22H17N3O6S/c23-12-16(21(27)25-7-9-30-10-8-25)20-24-19(26)18(32-20)11-15-5-6-17(31-15)13-1-3-14(4-2-13)22(28)29/h1-6,11H,7-10H2,(H,24,26)(H,28,29)/b18-11+,20-16-. The summed E-state index contributed by atoms with van der Waals surface area (Å²) < 4.78 is 11.5. The van der Waals surface area contributed by atoms with Crippen molar-refractivity contribution in [3.05, 3.63) is 67.3 Å². The number of carbonyl (C=O) groups is 2. The first-order chi connectivity index (χ1) is 15.5. The number of nitrogens with zero attached hydrogens (tertiary/aromatic N) is 2. The van der Waals surface area contributed by atoms with Gasteiger partial charge in [0.15, 0.2) is 5.57 Å². The van der Waals surface area contributed by atoms with Gasteiger partial charge in [0.25, 0.3) is 11.5 Å². The maximum Gasteiger partial charge on any atom is 0.335 e. The molecule has 0 atom stereocenters. The lowest BCUT2D eigenvalue weighted by atomic mass is 10.1. The van der Waals surface area contributed by atoms with Crippen molar-refractivity contribution in [2.75, 3.05) is 26.3 Å². The number of furan rings is 1. The first-order valence-electron chi connectivity index (χ1n) is 9.62. The van der Waals surface area contributed by atoms with Crippen LogP contribution in [0.4, 0.5) is 0 Å². The van der Waals surface area contributed by atoms with Crippen molar-refractivity contribution in [3.8, 4) is 17.4 Å². The van der Waals surface area contributed by atoms with E-state index in [1.165, 1.54) is 23.1 Å². The lowest BCUT2D eigenvalue weighted by molar-refractivity contribution is -0.128. The number of amides is 1. The van der Waals surface area contributed by atoms with Gasteiger partial charge in [-0.05, 0) is 24.3 Å². The maximum atomic E-state index is 12.7. The van der Waals surface area contributed by atoms with Crippen LogP contribution >= 0.6 is 11.3 Å². The summed E-state index contributed by atoms with van der Waals surface area (Å²) in [6.45, 7) is 1.59. The molecule has 0 spiro atoms. The number of nitrogens with one attached hydrogen (secondary N) is 1. The zero-order valence-electron chi connectivity index (χ0n) is 16.7. The minimum absolute atomic E-state index is 0.118. The third-order valence-electron chi connectivity index (χ3n) is 4.83. The summed E-state index contributed by atoms with van der Waals surface area (Å²) in [6.07, 6.45) is 1.52. The highest BCUT2D eigenvalue weighted by Crippen LogP contribution is 2.23. The van der Waals surface area contributed by atoms with E-state index in [4.69, 9.17) is 14.3 Å². The summed E-state index contributed by atoms with van der Waals surface area (Å²) in [7, 11) is 0. The van der Waals surface area contributed by atoms with Gasteiger partial charge in [-0.25, -0.2) is 4.79 Å². The van der Waals surface area contributed by atoms with Gasteiger partial charge < -0.3 is 24.1 Å². The highest BCUT2D eigenvalue weighted by molar-refractivity contribution is 7.07. The first-order valence-corrected chi connectivity index (χ1v) is 10.4. The normalized spacial score (nSPS) is 15.3. The summed E-state index contributed by atoms with van der Waals surface area (Å²) in [5, 5.41) is 18.5. The highest BCUT2D eigenvalue weighted by Gasteiger charge is 2.22. The minimum atomic E-state index is -1.02. The fraction of sp³-hybridized carbons (Fsp3) is 0.182. The number of benzene rings is 1. The molecule has 1 aliphatic rings. The molecule has 1 amide bonds. The van der Waals surface area contributed by atoms with Gasteiger partial charge in [0, 0.05) is 24.7 Å². The van der Waals surface area contributed by atoms with E-state index in [9.17, 15) is 19.6 Å². The van der Waals surface area contributed by atoms with Gasteiger partial charge in [0.2, 0.25) is 0 Å². The molecule has 0 saturated carbocycles. The number of aromatic nitrogens is 1. The van der Waals surface area contributed by atoms with Crippen LogP contribution in [0.1, 0.15) is 16.1 Å². The second-order valence-electron chi connectivity index (χ2n) is 6.87. The molecule has 1 aromatic carbocycles. The number of carboxylic acid groups (broad SMARTS) is 1. The van der Waals surface area contributed by atoms with Crippen LogP contribution < -0.4 is 14.8 Å². The van der Waals surface area contributed by atoms with E-state index in [0.717, 1.165) is 11.3 Å². The third-order valence-corrected chi connectivity index (χ3v) is 5.86. The molecular weight excluding hydrogens is 434 g/mol. The number of nitriles is 1. The fourth-order valence-electron chi connectivity index (χ4n) is 3.17. The second-order valence-corrected chi connectivity index (χ2v) is 7.92. The molecule has 1 aliphatic heterocycles. The van der Waals surface area contributed by atoms with Crippen LogP contribution in [-0.4, -0.2) is 53.2 Å². The average molecular weight is 451 g/mol.